The standard InChI is InChI=1S/C12H24N2O2/c1-10(2)12(16)13-7-6-8-14(4,5)9-11(3)15/h11,15H,1,6-9H2,2-5H3/p+1. The van der Waals surface area contributed by atoms with Gasteiger partial charge in [-0.25, -0.2) is 0 Å². The van der Waals surface area contributed by atoms with E-state index in [4.69, 9.17) is 0 Å². The van der Waals surface area contributed by atoms with Gasteiger partial charge in [0.2, 0.25) is 5.91 Å². The van der Waals surface area contributed by atoms with Crippen LogP contribution in [0.1, 0.15) is 20.3 Å². The van der Waals surface area contributed by atoms with Crippen molar-refractivity contribution in [2.24, 2.45) is 0 Å². The van der Waals surface area contributed by atoms with Crippen molar-refractivity contribution in [3.63, 3.8) is 0 Å². The summed E-state index contributed by atoms with van der Waals surface area (Å²) in [5.74, 6) is -0.0826. The van der Waals surface area contributed by atoms with Gasteiger partial charge < -0.3 is 14.9 Å². The molecule has 4 nitrogen and oxygen atoms in total. The Labute approximate surface area is 98.5 Å². The van der Waals surface area contributed by atoms with E-state index < -0.39 is 0 Å². The van der Waals surface area contributed by atoms with Crippen LogP contribution in [0.4, 0.5) is 0 Å². The summed E-state index contributed by atoms with van der Waals surface area (Å²) in [6, 6.07) is 0. The third-order valence-corrected chi connectivity index (χ3v) is 2.37. The Morgan fingerprint density at radius 1 is 1.50 bits per heavy atom. The van der Waals surface area contributed by atoms with Crippen molar-refractivity contribution in [3.8, 4) is 0 Å². The van der Waals surface area contributed by atoms with Gasteiger partial charge in [-0.05, 0) is 13.8 Å². The summed E-state index contributed by atoms with van der Waals surface area (Å²) in [5, 5.41) is 12.1. The Morgan fingerprint density at radius 2 is 2.06 bits per heavy atom. The van der Waals surface area contributed by atoms with Crippen LogP contribution in [-0.2, 0) is 4.79 Å². The fourth-order valence-electron chi connectivity index (χ4n) is 1.67. The van der Waals surface area contributed by atoms with Crippen molar-refractivity contribution in [1.82, 2.24) is 5.32 Å². The molecule has 94 valence electrons. The molecule has 16 heavy (non-hydrogen) atoms. The van der Waals surface area contributed by atoms with E-state index in [2.05, 4.69) is 26.0 Å². The minimum Gasteiger partial charge on any atom is -0.388 e. The van der Waals surface area contributed by atoms with E-state index in [1.165, 1.54) is 0 Å². The zero-order valence-corrected chi connectivity index (χ0v) is 10.9. The van der Waals surface area contributed by atoms with Crippen LogP contribution in [0.25, 0.3) is 0 Å². The molecule has 0 aliphatic rings. The summed E-state index contributed by atoms with van der Waals surface area (Å²) in [5.41, 5.74) is 0.540. The number of carbonyl (C=O) groups excluding carboxylic acids is 1. The summed E-state index contributed by atoms with van der Waals surface area (Å²) in [6.07, 6.45) is 0.610. The Hall–Kier alpha value is -0.870. The van der Waals surface area contributed by atoms with E-state index >= 15 is 0 Å². The number of quaternary nitrogens is 1. The number of nitrogens with one attached hydrogen (secondary N) is 1. The number of carbonyl (C=O) groups is 1. The molecule has 4 heteroatoms. The molecule has 1 atom stereocenters. The fraction of sp³-hybridized carbons (Fsp3) is 0.750. The van der Waals surface area contributed by atoms with Crippen molar-refractivity contribution in [1.29, 1.82) is 0 Å². The van der Waals surface area contributed by atoms with Crippen LogP contribution in [0.2, 0.25) is 0 Å². The average molecular weight is 229 g/mol. The summed E-state index contributed by atoms with van der Waals surface area (Å²) in [6.45, 7) is 9.39. The van der Waals surface area contributed by atoms with E-state index in [1.807, 2.05) is 0 Å². The van der Waals surface area contributed by atoms with Crippen molar-refractivity contribution >= 4 is 5.91 Å². The molecule has 0 spiro atoms. The lowest BCUT2D eigenvalue weighted by molar-refractivity contribution is -0.893. The molecule has 0 bridgehead atoms. The van der Waals surface area contributed by atoms with Crippen LogP contribution in [0, 0.1) is 0 Å². The molecular formula is C12H25N2O2+. The summed E-state index contributed by atoms with van der Waals surface area (Å²) in [7, 11) is 4.15. The predicted octanol–water partition coefficient (Wildman–Crippen LogP) is 0.526. The lowest BCUT2D eigenvalue weighted by Crippen LogP contribution is -2.46. The van der Waals surface area contributed by atoms with Crippen molar-refractivity contribution in [2.45, 2.75) is 26.4 Å². The minimum absolute atomic E-state index is 0.0826. The summed E-state index contributed by atoms with van der Waals surface area (Å²) >= 11 is 0. The van der Waals surface area contributed by atoms with E-state index in [1.54, 1.807) is 13.8 Å². The molecule has 0 radical (unpaired) electrons. The number of likely N-dealkylation sites (N-methyl/N-ethyl adjacent to an activating group) is 1. The third-order valence-electron chi connectivity index (χ3n) is 2.37. The van der Waals surface area contributed by atoms with Crippen molar-refractivity contribution in [3.05, 3.63) is 12.2 Å². The predicted molar refractivity (Wildman–Crippen MR) is 66.0 cm³/mol. The van der Waals surface area contributed by atoms with Gasteiger partial charge in [0, 0.05) is 18.5 Å². The van der Waals surface area contributed by atoms with Gasteiger partial charge in [0.15, 0.2) is 0 Å². The smallest absolute Gasteiger partial charge is 0.246 e. The monoisotopic (exact) mass is 229 g/mol. The van der Waals surface area contributed by atoms with Gasteiger partial charge in [0.05, 0.1) is 20.6 Å². The first-order valence-electron chi connectivity index (χ1n) is 5.68. The first kappa shape index (κ1) is 15.1. The van der Waals surface area contributed by atoms with Gasteiger partial charge in [-0.2, -0.15) is 0 Å². The van der Waals surface area contributed by atoms with Gasteiger partial charge in [0.1, 0.15) is 12.6 Å². The van der Waals surface area contributed by atoms with Gasteiger partial charge in [0.25, 0.3) is 0 Å². The third kappa shape index (κ3) is 7.43. The van der Waals surface area contributed by atoms with Gasteiger partial charge in [-0.1, -0.05) is 6.58 Å². The Kier molecular flexibility index (Phi) is 6.29. The van der Waals surface area contributed by atoms with Crippen molar-refractivity contribution < 1.29 is 14.4 Å². The second-order valence-electron chi connectivity index (χ2n) is 5.08. The first-order valence-corrected chi connectivity index (χ1v) is 5.68. The molecule has 0 rings (SSSR count). The maximum Gasteiger partial charge on any atom is 0.246 e. The van der Waals surface area contributed by atoms with Gasteiger partial charge >= 0.3 is 0 Å². The SMILES string of the molecule is C=C(C)C(=O)NCCC[N+](C)(C)CC(C)O. The highest BCUT2D eigenvalue weighted by Gasteiger charge is 2.17. The molecule has 0 heterocycles. The number of hydrogen-bond donors (Lipinski definition) is 2. The largest absolute Gasteiger partial charge is 0.388 e. The molecular weight excluding hydrogens is 204 g/mol. The Balaban J connectivity index is 3.73. The van der Waals surface area contributed by atoms with Crippen LogP contribution in [0.5, 0.6) is 0 Å². The van der Waals surface area contributed by atoms with E-state index in [0.717, 1.165) is 24.0 Å². The van der Waals surface area contributed by atoms with Crippen LogP contribution in [0.3, 0.4) is 0 Å². The van der Waals surface area contributed by atoms with Gasteiger partial charge in [-0.15, -0.1) is 0 Å². The first-order chi connectivity index (χ1) is 7.24. The number of nitrogens with zero attached hydrogens (tertiary/aromatic N) is 1. The summed E-state index contributed by atoms with van der Waals surface area (Å²) < 4.78 is 0.764. The average Bonchev–Trinajstić information content (AvgIpc) is 2.09. The minimum atomic E-state index is -0.292. The maximum atomic E-state index is 11.2. The number of aliphatic hydroxyl groups is 1. The molecule has 0 saturated carbocycles. The molecule has 1 amide bonds. The molecule has 2 N–H and O–H groups in total. The second-order valence-corrected chi connectivity index (χ2v) is 5.08. The van der Waals surface area contributed by atoms with Crippen LogP contribution in [0.15, 0.2) is 12.2 Å². The topological polar surface area (TPSA) is 49.3 Å². The highest BCUT2D eigenvalue weighted by molar-refractivity contribution is 5.91. The normalized spacial score (nSPS) is 13.3. The van der Waals surface area contributed by atoms with E-state index in [9.17, 15) is 9.90 Å². The zero-order valence-electron chi connectivity index (χ0n) is 10.9. The summed E-state index contributed by atoms with van der Waals surface area (Å²) in [4.78, 5) is 11.2. The molecule has 0 aromatic heterocycles. The molecule has 0 fully saturated rings. The van der Waals surface area contributed by atoms with Gasteiger partial charge in [-0.3, -0.25) is 4.79 Å². The van der Waals surface area contributed by atoms with Crippen molar-refractivity contribution in [2.75, 3.05) is 33.7 Å². The molecule has 0 aliphatic carbocycles. The number of aliphatic hydroxyl groups excluding tert-OH is 1. The highest BCUT2D eigenvalue weighted by atomic mass is 16.3. The molecule has 0 saturated heterocycles. The molecule has 1 unspecified atom stereocenters. The Bertz CT molecular complexity index is 247. The highest BCUT2D eigenvalue weighted by Crippen LogP contribution is 2.01. The molecule has 0 aromatic carbocycles. The van der Waals surface area contributed by atoms with E-state index in [-0.39, 0.29) is 12.0 Å². The lowest BCUT2D eigenvalue weighted by atomic mass is 10.2. The van der Waals surface area contributed by atoms with Crippen LogP contribution >= 0.6 is 0 Å². The molecule has 0 aromatic rings. The number of hydrogen-bond acceptors (Lipinski definition) is 2. The number of amides is 1. The zero-order chi connectivity index (χ0) is 12.8. The second kappa shape index (κ2) is 6.66. The van der Waals surface area contributed by atoms with Crippen LogP contribution in [-0.4, -0.2) is 55.3 Å². The quantitative estimate of drug-likeness (QED) is 0.380. The lowest BCUT2D eigenvalue weighted by Gasteiger charge is -2.31. The van der Waals surface area contributed by atoms with E-state index in [0.29, 0.717) is 12.1 Å². The maximum absolute atomic E-state index is 11.2. The Morgan fingerprint density at radius 3 is 2.50 bits per heavy atom. The fourth-order valence-corrected chi connectivity index (χ4v) is 1.67. The molecule has 0 aliphatic heterocycles. The number of rotatable bonds is 7. The van der Waals surface area contributed by atoms with Crippen LogP contribution < -0.4 is 5.32 Å².